The van der Waals surface area contributed by atoms with Crippen molar-refractivity contribution in [3.8, 4) is 10.4 Å². The molecule has 2 aromatic rings. The summed E-state index contributed by atoms with van der Waals surface area (Å²) in [5.74, 6) is 0. The average Bonchev–Trinajstić information content (AvgIpc) is 2.77. The highest BCUT2D eigenvalue weighted by molar-refractivity contribution is 7.15. The molecule has 0 amide bonds. The van der Waals surface area contributed by atoms with E-state index >= 15 is 0 Å². The molecule has 1 heterocycles. The summed E-state index contributed by atoms with van der Waals surface area (Å²) in [6, 6.07) is 13.2. The van der Waals surface area contributed by atoms with Crippen molar-refractivity contribution in [2.75, 3.05) is 6.54 Å². The molecular formula is C15H19NS. The number of nitrogens with one attached hydrogen (secondary N) is 1. The molecule has 0 radical (unpaired) electrons. The van der Waals surface area contributed by atoms with E-state index in [9.17, 15) is 0 Å². The maximum absolute atomic E-state index is 3.44. The second-order valence-corrected chi connectivity index (χ2v) is 5.58. The molecule has 0 unspecified atom stereocenters. The predicted molar refractivity (Wildman–Crippen MR) is 76.5 cm³/mol. The summed E-state index contributed by atoms with van der Waals surface area (Å²) in [5, 5.41) is 3.44. The van der Waals surface area contributed by atoms with Gasteiger partial charge in [-0.1, -0.05) is 25.1 Å². The molecule has 0 atom stereocenters. The van der Waals surface area contributed by atoms with Crippen molar-refractivity contribution in [2.45, 2.75) is 26.8 Å². The molecular weight excluding hydrogens is 226 g/mol. The van der Waals surface area contributed by atoms with Crippen LogP contribution in [-0.4, -0.2) is 6.54 Å². The minimum atomic E-state index is 0.964. The highest BCUT2D eigenvalue weighted by atomic mass is 32.1. The van der Waals surface area contributed by atoms with E-state index in [4.69, 9.17) is 0 Å². The number of rotatable bonds is 5. The zero-order chi connectivity index (χ0) is 12.1. The smallest absolute Gasteiger partial charge is 0.0345 e. The number of hydrogen-bond acceptors (Lipinski definition) is 2. The van der Waals surface area contributed by atoms with Crippen LogP contribution < -0.4 is 5.32 Å². The first-order valence-corrected chi connectivity index (χ1v) is 6.97. The Labute approximate surface area is 108 Å². The topological polar surface area (TPSA) is 12.0 Å². The second-order valence-electron chi connectivity index (χ2n) is 4.29. The zero-order valence-electron chi connectivity index (χ0n) is 10.5. The van der Waals surface area contributed by atoms with Gasteiger partial charge in [-0.05, 0) is 49.2 Å². The van der Waals surface area contributed by atoms with Gasteiger partial charge in [-0.2, -0.15) is 0 Å². The maximum atomic E-state index is 3.44. The van der Waals surface area contributed by atoms with E-state index in [0.717, 1.165) is 13.1 Å². The van der Waals surface area contributed by atoms with E-state index in [1.165, 1.54) is 27.3 Å². The minimum Gasteiger partial charge on any atom is -0.313 e. The monoisotopic (exact) mass is 245 g/mol. The van der Waals surface area contributed by atoms with Crippen molar-refractivity contribution in [1.82, 2.24) is 5.32 Å². The van der Waals surface area contributed by atoms with Gasteiger partial charge in [0, 0.05) is 16.3 Å². The van der Waals surface area contributed by atoms with Gasteiger partial charge < -0.3 is 5.32 Å². The van der Waals surface area contributed by atoms with Crippen LogP contribution in [0.3, 0.4) is 0 Å². The lowest BCUT2D eigenvalue weighted by molar-refractivity contribution is 0.675. The van der Waals surface area contributed by atoms with Gasteiger partial charge in [0.25, 0.3) is 0 Å². The van der Waals surface area contributed by atoms with Crippen molar-refractivity contribution in [2.24, 2.45) is 0 Å². The Morgan fingerprint density at radius 1 is 1.18 bits per heavy atom. The molecule has 17 heavy (non-hydrogen) atoms. The lowest BCUT2D eigenvalue weighted by Gasteiger charge is -2.05. The van der Waals surface area contributed by atoms with Crippen molar-refractivity contribution < 1.29 is 0 Å². The van der Waals surface area contributed by atoms with E-state index in [1.807, 2.05) is 11.3 Å². The van der Waals surface area contributed by atoms with Crippen molar-refractivity contribution in [3.63, 3.8) is 0 Å². The van der Waals surface area contributed by atoms with E-state index in [1.54, 1.807) is 0 Å². The summed E-state index contributed by atoms with van der Waals surface area (Å²) in [6.45, 7) is 6.40. The number of hydrogen-bond donors (Lipinski definition) is 1. The lowest BCUT2D eigenvalue weighted by atomic mass is 10.1. The fourth-order valence-corrected chi connectivity index (χ4v) is 2.70. The van der Waals surface area contributed by atoms with Crippen molar-refractivity contribution >= 4 is 11.3 Å². The van der Waals surface area contributed by atoms with Crippen LogP contribution in [0.4, 0.5) is 0 Å². The number of thiophene rings is 1. The number of benzene rings is 1. The van der Waals surface area contributed by atoms with Gasteiger partial charge in [-0.3, -0.25) is 0 Å². The molecule has 90 valence electrons. The fraction of sp³-hybridized carbons (Fsp3) is 0.333. The van der Waals surface area contributed by atoms with Crippen LogP contribution in [0, 0.1) is 6.92 Å². The zero-order valence-corrected chi connectivity index (χ0v) is 11.3. The molecule has 0 bridgehead atoms. The summed E-state index contributed by atoms with van der Waals surface area (Å²) in [7, 11) is 0. The Morgan fingerprint density at radius 3 is 2.76 bits per heavy atom. The molecule has 0 saturated heterocycles. The van der Waals surface area contributed by atoms with Gasteiger partial charge in [-0.25, -0.2) is 0 Å². The van der Waals surface area contributed by atoms with Gasteiger partial charge in [0.05, 0.1) is 0 Å². The SMILES string of the molecule is CCCNCc1cccc(-c2ccc(C)s2)c1. The van der Waals surface area contributed by atoms with Gasteiger partial charge >= 0.3 is 0 Å². The molecule has 1 nitrogen and oxygen atoms in total. The van der Waals surface area contributed by atoms with E-state index in [2.05, 4.69) is 55.6 Å². The molecule has 0 aliphatic carbocycles. The van der Waals surface area contributed by atoms with Crippen LogP contribution in [-0.2, 0) is 6.54 Å². The molecule has 1 N–H and O–H groups in total. The third-order valence-electron chi connectivity index (χ3n) is 2.71. The highest BCUT2D eigenvalue weighted by Gasteiger charge is 2.01. The van der Waals surface area contributed by atoms with Gasteiger partial charge in [-0.15, -0.1) is 11.3 Å². The van der Waals surface area contributed by atoms with Crippen LogP contribution in [0.25, 0.3) is 10.4 Å². The Balaban J connectivity index is 2.11. The maximum Gasteiger partial charge on any atom is 0.0345 e. The van der Waals surface area contributed by atoms with E-state index in [0.29, 0.717) is 0 Å². The third kappa shape index (κ3) is 3.42. The molecule has 1 aromatic carbocycles. The summed E-state index contributed by atoms with van der Waals surface area (Å²) in [6.07, 6.45) is 1.18. The Hall–Kier alpha value is -1.12. The molecule has 0 aliphatic rings. The molecule has 0 fully saturated rings. The average molecular weight is 245 g/mol. The molecule has 2 rings (SSSR count). The van der Waals surface area contributed by atoms with Gasteiger partial charge in [0.1, 0.15) is 0 Å². The summed E-state index contributed by atoms with van der Waals surface area (Å²) in [5.41, 5.74) is 2.70. The molecule has 2 heteroatoms. The molecule has 0 spiro atoms. The Bertz CT molecular complexity index is 473. The van der Waals surface area contributed by atoms with Gasteiger partial charge in [0.2, 0.25) is 0 Å². The lowest BCUT2D eigenvalue weighted by Crippen LogP contribution is -2.13. The first-order valence-electron chi connectivity index (χ1n) is 6.16. The largest absolute Gasteiger partial charge is 0.313 e. The standard InChI is InChI=1S/C15H19NS/c1-3-9-16-11-13-5-4-6-14(10-13)15-8-7-12(2)17-15/h4-8,10,16H,3,9,11H2,1-2H3. The van der Waals surface area contributed by atoms with Crippen LogP contribution in [0.1, 0.15) is 23.8 Å². The van der Waals surface area contributed by atoms with E-state index < -0.39 is 0 Å². The summed E-state index contributed by atoms with van der Waals surface area (Å²) < 4.78 is 0. The van der Waals surface area contributed by atoms with Crippen LogP contribution in [0.15, 0.2) is 36.4 Å². The van der Waals surface area contributed by atoms with Crippen LogP contribution in [0.5, 0.6) is 0 Å². The first-order chi connectivity index (χ1) is 8.29. The van der Waals surface area contributed by atoms with Crippen molar-refractivity contribution in [1.29, 1.82) is 0 Å². The van der Waals surface area contributed by atoms with Crippen LogP contribution in [0.2, 0.25) is 0 Å². The molecule has 0 aliphatic heterocycles. The van der Waals surface area contributed by atoms with Crippen molar-refractivity contribution in [3.05, 3.63) is 46.8 Å². The summed E-state index contributed by atoms with van der Waals surface area (Å²) >= 11 is 1.86. The fourth-order valence-electron chi connectivity index (χ4n) is 1.83. The Morgan fingerprint density at radius 2 is 2.06 bits per heavy atom. The van der Waals surface area contributed by atoms with Crippen LogP contribution >= 0.6 is 11.3 Å². The predicted octanol–water partition coefficient (Wildman–Crippen LogP) is 4.22. The van der Waals surface area contributed by atoms with E-state index in [-0.39, 0.29) is 0 Å². The quantitative estimate of drug-likeness (QED) is 0.778. The van der Waals surface area contributed by atoms with Gasteiger partial charge in [0.15, 0.2) is 0 Å². The highest BCUT2D eigenvalue weighted by Crippen LogP contribution is 2.28. The first kappa shape index (κ1) is 12.3. The Kier molecular flexibility index (Phi) is 4.35. The second kappa shape index (κ2) is 5.99. The summed E-state index contributed by atoms with van der Waals surface area (Å²) in [4.78, 5) is 2.73. The molecule has 0 saturated carbocycles. The number of aryl methyl sites for hydroxylation is 1. The minimum absolute atomic E-state index is 0.964. The normalized spacial score (nSPS) is 10.7. The molecule has 1 aromatic heterocycles. The third-order valence-corrected chi connectivity index (χ3v) is 3.76.